The number of ether oxygens (including phenoxy) is 1. The molecule has 0 saturated heterocycles. The van der Waals surface area contributed by atoms with Gasteiger partial charge in [-0.15, -0.1) is 11.6 Å². The molecular weight excluding hydrogens is 262 g/mol. The first-order chi connectivity index (χ1) is 9.04. The number of carbonyl (C=O) groups is 1. The van der Waals surface area contributed by atoms with Gasteiger partial charge in [0.25, 0.3) is 0 Å². The Labute approximate surface area is 119 Å². The van der Waals surface area contributed by atoms with E-state index in [-0.39, 0.29) is 24.0 Å². The first kappa shape index (κ1) is 14.4. The molecule has 0 radical (unpaired) electrons. The molecule has 0 aliphatic heterocycles. The van der Waals surface area contributed by atoms with Gasteiger partial charge < -0.3 is 4.74 Å². The average molecular weight is 282 g/mol. The zero-order valence-corrected chi connectivity index (χ0v) is 12.4. The minimum absolute atomic E-state index is 0.0923. The number of alkyl halides is 1. The molecule has 0 saturated carbocycles. The highest BCUT2D eigenvalue weighted by atomic mass is 35.5. The maximum atomic E-state index is 11.5. The number of hydrogen-bond donors (Lipinski definition) is 0. The third-order valence-corrected chi connectivity index (χ3v) is 4.01. The standard InChI is InChI=1S/C15H20ClNO2/c1-10(2)17(3)15-12-7-5-4-6-11(12)8-13(15)19-14(18)9-16/h4-7,10,13,15H,8-9H2,1-3H3/t13-,15+/m1/s1. The van der Waals surface area contributed by atoms with Crippen molar-refractivity contribution in [2.75, 3.05) is 12.9 Å². The highest BCUT2D eigenvalue weighted by Gasteiger charge is 2.38. The second kappa shape index (κ2) is 5.93. The minimum Gasteiger partial charge on any atom is -0.459 e. The summed E-state index contributed by atoms with van der Waals surface area (Å²) in [6, 6.07) is 8.78. The summed E-state index contributed by atoms with van der Waals surface area (Å²) in [4.78, 5) is 13.7. The maximum Gasteiger partial charge on any atom is 0.321 e. The van der Waals surface area contributed by atoms with Crippen LogP contribution in [0.15, 0.2) is 24.3 Å². The van der Waals surface area contributed by atoms with Gasteiger partial charge in [0.2, 0.25) is 0 Å². The van der Waals surface area contributed by atoms with E-state index in [1.165, 1.54) is 11.1 Å². The molecule has 0 unspecified atom stereocenters. The molecule has 0 bridgehead atoms. The number of fused-ring (bicyclic) bond motifs is 1. The van der Waals surface area contributed by atoms with Crippen molar-refractivity contribution >= 4 is 17.6 Å². The number of halogens is 1. The molecule has 1 aliphatic carbocycles. The van der Waals surface area contributed by atoms with E-state index in [4.69, 9.17) is 16.3 Å². The quantitative estimate of drug-likeness (QED) is 0.628. The predicted molar refractivity (Wildman–Crippen MR) is 76.4 cm³/mol. The molecule has 0 heterocycles. The lowest BCUT2D eigenvalue weighted by Crippen LogP contribution is -2.38. The second-order valence-corrected chi connectivity index (χ2v) is 5.54. The van der Waals surface area contributed by atoms with Crippen molar-refractivity contribution in [3.05, 3.63) is 35.4 Å². The van der Waals surface area contributed by atoms with Gasteiger partial charge in [-0.25, -0.2) is 0 Å². The third kappa shape index (κ3) is 2.93. The summed E-state index contributed by atoms with van der Waals surface area (Å²) in [5.41, 5.74) is 2.51. The monoisotopic (exact) mass is 281 g/mol. The highest BCUT2D eigenvalue weighted by molar-refractivity contribution is 6.26. The van der Waals surface area contributed by atoms with E-state index in [1.807, 2.05) is 12.1 Å². The zero-order valence-electron chi connectivity index (χ0n) is 11.6. The highest BCUT2D eigenvalue weighted by Crippen LogP contribution is 2.37. The van der Waals surface area contributed by atoms with E-state index < -0.39 is 0 Å². The summed E-state index contributed by atoms with van der Waals surface area (Å²) in [5, 5.41) is 0. The number of rotatable bonds is 4. The Morgan fingerprint density at radius 1 is 1.47 bits per heavy atom. The van der Waals surface area contributed by atoms with Crippen LogP contribution >= 0.6 is 11.6 Å². The van der Waals surface area contributed by atoms with E-state index in [0.29, 0.717) is 6.04 Å². The van der Waals surface area contributed by atoms with Crippen LogP contribution in [0.4, 0.5) is 0 Å². The fourth-order valence-electron chi connectivity index (χ4n) is 2.65. The Bertz CT molecular complexity index is 461. The number of benzene rings is 1. The van der Waals surface area contributed by atoms with Gasteiger partial charge in [-0.3, -0.25) is 9.69 Å². The van der Waals surface area contributed by atoms with E-state index >= 15 is 0 Å². The summed E-state index contributed by atoms with van der Waals surface area (Å²) in [6.07, 6.45) is 0.622. The molecule has 0 amide bonds. The molecule has 2 atom stereocenters. The molecule has 3 nitrogen and oxygen atoms in total. The van der Waals surface area contributed by atoms with Crippen molar-refractivity contribution in [3.63, 3.8) is 0 Å². The first-order valence-corrected chi connectivity index (χ1v) is 7.13. The Kier molecular flexibility index (Phi) is 4.48. The van der Waals surface area contributed by atoms with Crippen LogP contribution in [-0.4, -0.2) is 35.9 Å². The van der Waals surface area contributed by atoms with Gasteiger partial charge in [0.15, 0.2) is 0 Å². The molecule has 1 aromatic carbocycles. The Hall–Kier alpha value is -1.06. The number of hydrogen-bond acceptors (Lipinski definition) is 3. The van der Waals surface area contributed by atoms with Crippen molar-refractivity contribution < 1.29 is 9.53 Å². The van der Waals surface area contributed by atoms with Crippen LogP contribution in [0.5, 0.6) is 0 Å². The molecular formula is C15H20ClNO2. The van der Waals surface area contributed by atoms with Gasteiger partial charge in [0.05, 0.1) is 6.04 Å². The number of carbonyl (C=O) groups excluding carboxylic acids is 1. The van der Waals surface area contributed by atoms with Crippen molar-refractivity contribution in [2.24, 2.45) is 0 Å². The Balaban J connectivity index is 2.28. The van der Waals surface area contributed by atoms with Crippen molar-refractivity contribution in [1.82, 2.24) is 4.90 Å². The largest absolute Gasteiger partial charge is 0.459 e. The average Bonchev–Trinajstić information content (AvgIpc) is 2.75. The summed E-state index contributed by atoms with van der Waals surface area (Å²) in [5.74, 6) is -0.438. The van der Waals surface area contributed by atoms with Crippen LogP contribution < -0.4 is 0 Å². The van der Waals surface area contributed by atoms with Crippen molar-refractivity contribution in [1.29, 1.82) is 0 Å². The summed E-state index contributed by atoms with van der Waals surface area (Å²) < 4.78 is 5.51. The van der Waals surface area contributed by atoms with Crippen molar-refractivity contribution in [3.8, 4) is 0 Å². The topological polar surface area (TPSA) is 29.5 Å². The van der Waals surface area contributed by atoms with E-state index in [0.717, 1.165) is 6.42 Å². The van der Waals surface area contributed by atoms with Gasteiger partial charge >= 0.3 is 5.97 Å². The second-order valence-electron chi connectivity index (χ2n) is 5.27. The van der Waals surface area contributed by atoms with Gasteiger partial charge in [-0.05, 0) is 32.0 Å². The van der Waals surface area contributed by atoms with Crippen LogP contribution in [0, 0.1) is 0 Å². The molecule has 0 fully saturated rings. The normalized spacial score (nSPS) is 21.8. The first-order valence-electron chi connectivity index (χ1n) is 6.59. The fraction of sp³-hybridized carbons (Fsp3) is 0.533. The number of nitrogens with zero attached hydrogens (tertiary/aromatic N) is 1. The molecule has 0 N–H and O–H groups in total. The number of likely N-dealkylation sites (N-methyl/N-ethyl adjacent to an activating group) is 1. The molecule has 4 heteroatoms. The molecule has 1 aromatic rings. The SMILES string of the molecule is CC(C)N(C)[C@H]1c2ccccc2C[C@H]1OC(=O)CCl. The fourth-order valence-corrected chi connectivity index (χ4v) is 2.71. The summed E-state index contributed by atoms with van der Waals surface area (Å²) in [6.45, 7) is 4.28. The summed E-state index contributed by atoms with van der Waals surface area (Å²) in [7, 11) is 2.07. The molecule has 104 valence electrons. The third-order valence-electron chi connectivity index (χ3n) is 3.79. The molecule has 0 aromatic heterocycles. The molecule has 1 aliphatic rings. The lowest BCUT2D eigenvalue weighted by molar-refractivity contribution is -0.149. The summed E-state index contributed by atoms with van der Waals surface area (Å²) >= 11 is 5.54. The van der Waals surface area contributed by atoms with E-state index in [9.17, 15) is 4.79 Å². The Morgan fingerprint density at radius 3 is 2.79 bits per heavy atom. The van der Waals surface area contributed by atoms with Gasteiger partial charge in [0.1, 0.15) is 12.0 Å². The van der Waals surface area contributed by atoms with Gasteiger partial charge in [-0.2, -0.15) is 0 Å². The maximum absolute atomic E-state index is 11.5. The zero-order chi connectivity index (χ0) is 14.0. The predicted octanol–water partition coefficient (Wildman–Crippen LogP) is 2.77. The van der Waals surface area contributed by atoms with Gasteiger partial charge in [0, 0.05) is 12.5 Å². The molecule has 2 rings (SSSR count). The molecule has 19 heavy (non-hydrogen) atoms. The van der Waals surface area contributed by atoms with Crippen molar-refractivity contribution in [2.45, 2.75) is 38.5 Å². The van der Waals surface area contributed by atoms with E-state index in [2.05, 4.69) is 37.9 Å². The lowest BCUT2D eigenvalue weighted by Gasteiger charge is -2.32. The van der Waals surface area contributed by atoms with Crippen LogP contribution in [0.1, 0.15) is 31.0 Å². The lowest BCUT2D eigenvalue weighted by atomic mass is 10.1. The van der Waals surface area contributed by atoms with Crippen LogP contribution in [-0.2, 0) is 16.0 Å². The van der Waals surface area contributed by atoms with E-state index in [1.54, 1.807) is 0 Å². The molecule has 0 spiro atoms. The van der Waals surface area contributed by atoms with Crippen LogP contribution in [0.25, 0.3) is 0 Å². The van der Waals surface area contributed by atoms with Gasteiger partial charge in [-0.1, -0.05) is 24.3 Å². The Morgan fingerprint density at radius 2 is 2.16 bits per heavy atom. The number of esters is 1. The smallest absolute Gasteiger partial charge is 0.321 e. The minimum atomic E-state index is -0.346. The van der Waals surface area contributed by atoms with Crippen LogP contribution in [0.3, 0.4) is 0 Å². The van der Waals surface area contributed by atoms with Crippen LogP contribution in [0.2, 0.25) is 0 Å².